The number of amides is 3. The van der Waals surface area contributed by atoms with E-state index in [2.05, 4.69) is 10.3 Å². The van der Waals surface area contributed by atoms with Crippen LogP contribution in [-0.4, -0.2) is 73.5 Å². The lowest BCUT2D eigenvalue weighted by Gasteiger charge is -2.42. The van der Waals surface area contributed by atoms with Gasteiger partial charge >= 0.3 is 7.60 Å². The topological polar surface area (TPSA) is 140 Å². The van der Waals surface area contributed by atoms with Crippen molar-refractivity contribution in [3.8, 4) is 0 Å². The number of nitrogens with zero attached hydrogens (tertiary/aromatic N) is 3. The predicted octanol–water partition coefficient (Wildman–Crippen LogP) is 3.38. The maximum absolute atomic E-state index is 13.7. The number of carbonyl (C=O) groups is 3. The van der Waals surface area contributed by atoms with E-state index in [1.165, 1.54) is 29.7 Å². The van der Waals surface area contributed by atoms with Crippen molar-refractivity contribution in [3.05, 3.63) is 64.5 Å². The molecule has 5 heterocycles. The summed E-state index contributed by atoms with van der Waals surface area (Å²) in [5.74, 6) is -1.15. The maximum Gasteiger partial charge on any atom is 0.329 e. The van der Waals surface area contributed by atoms with Gasteiger partial charge in [0.05, 0.1) is 11.0 Å². The SMILES string of the molecule is O=C(N[C@H]1CCC[C@H]2CC[C@@H](C(=O)N3CC(c4cc(F)ccn4)C3)N2C1=O)c1cc2cc(CP(=O)(O)O)ccc2s1. The summed E-state index contributed by atoms with van der Waals surface area (Å²) in [6.07, 6.45) is 4.34. The highest BCUT2D eigenvalue weighted by atomic mass is 32.1. The number of fused-ring (bicyclic) bond motifs is 2. The second kappa shape index (κ2) is 10.9. The molecule has 6 rings (SSSR count). The van der Waals surface area contributed by atoms with Crippen molar-refractivity contribution in [2.75, 3.05) is 13.1 Å². The number of hydrogen-bond acceptors (Lipinski definition) is 6. The Balaban J connectivity index is 1.13. The Labute approximate surface area is 239 Å². The first-order chi connectivity index (χ1) is 19.6. The van der Waals surface area contributed by atoms with E-state index in [-0.39, 0.29) is 35.8 Å². The number of aromatic nitrogens is 1. The third-order valence-electron chi connectivity index (χ3n) is 8.22. The van der Waals surface area contributed by atoms with Gasteiger partial charge in [-0.05, 0) is 73.4 Å². The molecule has 0 radical (unpaired) electrons. The highest BCUT2D eigenvalue weighted by Crippen LogP contribution is 2.40. The van der Waals surface area contributed by atoms with E-state index in [9.17, 15) is 33.1 Å². The molecule has 0 saturated carbocycles. The molecule has 0 unspecified atom stereocenters. The van der Waals surface area contributed by atoms with E-state index in [0.717, 1.165) is 24.0 Å². The lowest BCUT2D eigenvalue weighted by molar-refractivity contribution is -0.148. The summed E-state index contributed by atoms with van der Waals surface area (Å²) in [7, 11) is -4.22. The minimum absolute atomic E-state index is 0.0344. The van der Waals surface area contributed by atoms with Crippen LogP contribution in [0.25, 0.3) is 10.1 Å². The number of rotatable bonds is 6. The van der Waals surface area contributed by atoms with Crippen LogP contribution < -0.4 is 5.32 Å². The fraction of sp³-hybridized carbons (Fsp3) is 0.429. The van der Waals surface area contributed by atoms with Gasteiger partial charge in [-0.2, -0.15) is 0 Å². The number of carbonyl (C=O) groups excluding carboxylic acids is 3. The second-order valence-corrected chi connectivity index (χ2v) is 13.8. The average Bonchev–Trinajstić information content (AvgIpc) is 3.46. The Morgan fingerprint density at radius 3 is 2.66 bits per heavy atom. The number of nitrogens with one attached hydrogen (secondary N) is 1. The summed E-state index contributed by atoms with van der Waals surface area (Å²) in [4.78, 5) is 67.0. The molecule has 0 spiro atoms. The van der Waals surface area contributed by atoms with Gasteiger partial charge in [-0.25, -0.2) is 4.39 Å². The van der Waals surface area contributed by atoms with E-state index in [1.807, 2.05) is 0 Å². The largest absolute Gasteiger partial charge is 0.340 e. The van der Waals surface area contributed by atoms with Crippen molar-refractivity contribution >= 4 is 46.7 Å². The molecule has 3 aliphatic heterocycles. The Kier molecular flexibility index (Phi) is 7.44. The van der Waals surface area contributed by atoms with Gasteiger partial charge in [0.25, 0.3) is 5.91 Å². The van der Waals surface area contributed by atoms with Gasteiger partial charge in [-0.3, -0.25) is 23.9 Å². The van der Waals surface area contributed by atoms with Gasteiger partial charge < -0.3 is 24.9 Å². The highest BCUT2D eigenvalue weighted by molar-refractivity contribution is 7.50. The third kappa shape index (κ3) is 5.79. The summed E-state index contributed by atoms with van der Waals surface area (Å²) in [5.41, 5.74) is 1.09. The smallest absolute Gasteiger partial charge is 0.329 e. The lowest BCUT2D eigenvalue weighted by atomic mass is 9.94. The quantitative estimate of drug-likeness (QED) is 0.369. The number of halogens is 1. The van der Waals surface area contributed by atoms with Crippen LogP contribution in [0.3, 0.4) is 0 Å². The van der Waals surface area contributed by atoms with Crippen LogP contribution in [0.15, 0.2) is 42.6 Å². The molecule has 3 aromatic rings. The van der Waals surface area contributed by atoms with Crippen LogP contribution in [-0.2, 0) is 20.3 Å². The molecular weight excluding hydrogens is 570 g/mol. The van der Waals surface area contributed by atoms with E-state index < -0.39 is 25.6 Å². The van der Waals surface area contributed by atoms with Crippen molar-refractivity contribution in [1.82, 2.24) is 20.1 Å². The van der Waals surface area contributed by atoms with Gasteiger partial charge in [-0.15, -0.1) is 11.3 Å². The molecule has 0 bridgehead atoms. The van der Waals surface area contributed by atoms with E-state index >= 15 is 0 Å². The van der Waals surface area contributed by atoms with Gasteiger partial charge in [0.15, 0.2) is 0 Å². The molecule has 3 amide bonds. The molecule has 13 heteroatoms. The van der Waals surface area contributed by atoms with Crippen LogP contribution in [0.1, 0.15) is 59.0 Å². The van der Waals surface area contributed by atoms with E-state index in [0.29, 0.717) is 47.5 Å². The molecule has 2 aromatic heterocycles. The minimum atomic E-state index is -4.22. The summed E-state index contributed by atoms with van der Waals surface area (Å²) in [6.45, 7) is 0.862. The summed E-state index contributed by atoms with van der Waals surface area (Å²) < 4.78 is 25.8. The van der Waals surface area contributed by atoms with Crippen molar-refractivity contribution < 1.29 is 33.1 Å². The molecule has 3 saturated heterocycles. The van der Waals surface area contributed by atoms with Crippen LogP contribution >= 0.6 is 18.9 Å². The number of likely N-dealkylation sites (tertiary alicyclic amines) is 1. The first kappa shape index (κ1) is 28.0. The zero-order chi connectivity index (χ0) is 28.9. The van der Waals surface area contributed by atoms with E-state index in [4.69, 9.17) is 0 Å². The van der Waals surface area contributed by atoms with Gasteiger partial charge in [0, 0.05) is 41.6 Å². The first-order valence-corrected chi connectivity index (χ1v) is 16.3. The molecule has 3 atom stereocenters. The van der Waals surface area contributed by atoms with Gasteiger partial charge in [0.1, 0.15) is 17.9 Å². The van der Waals surface area contributed by atoms with Crippen molar-refractivity contribution in [3.63, 3.8) is 0 Å². The van der Waals surface area contributed by atoms with Crippen molar-refractivity contribution in [2.45, 2.75) is 62.3 Å². The highest BCUT2D eigenvalue weighted by Gasteiger charge is 2.47. The predicted molar refractivity (Wildman–Crippen MR) is 150 cm³/mol. The Bertz CT molecular complexity index is 1570. The number of thiophene rings is 1. The fourth-order valence-electron chi connectivity index (χ4n) is 6.21. The Morgan fingerprint density at radius 1 is 1.10 bits per heavy atom. The number of benzene rings is 1. The summed E-state index contributed by atoms with van der Waals surface area (Å²) in [6, 6.07) is 7.99. The Morgan fingerprint density at radius 2 is 1.90 bits per heavy atom. The molecule has 3 fully saturated rings. The first-order valence-electron chi connectivity index (χ1n) is 13.7. The normalized spacial score (nSPS) is 23.3. The lowest BCUT2D eigenvalue weighted by Crippen LogP contribution is -2.58. The maximum atomic E-state index is 13.7. The standard InChI is InChI=1S/C28H30FN4O6PS/c29-19-8-9-30-22(12-19)18-13-32(14-18)28(36)23-6-5-20-2-1-3-21(27(35)33(20)23)31-26(34)25-11-17-10-16(15-40(37,38)39)4-7-24(17)41-25/h4,7-12,18,20-21,23H,1-3,5-6,13-15H2,(H,31,34)(H2,37,38,39)/t20-,21-,23-/m0/s1. The van der Waals surface area contributed by atoms with E-state index in [1.54, 1.807) is 34.1 Å². The van der Waals surface area contributed by atoms with Crippen LogP contribution in [0.4, 0.5) is 4.39 Å². The van der Waals surface area contributed by atoms with Crippen LogP contribution in [0.5, 0.6) is 0 Å². The molecule has 3 N–H and O–H groups in total. The van der Waals surface area contributed by atoms with Crippen molar-refractivity contribution in [1.29, 1.82) is 0 Å². The zero-order valence-corrected chi connectivity index (χ0v) is 23.8. The van der Waals surface area contributed by atoms with Gasteiger partial charge in [-0.1, -0.05) is 6.07 Å². The minimum Gasteiger partial charge on any atom is -0.340 e. The second-order valence-electron chi connectivity index (χ2n) is 11.1. The third-order valence-corrected chi connectivity index (χ3v) is 10.1. The molecule has 3 aliphatic rings. The van der Waals surface area contributed by atoms with Gasteiger partial charge in [0.2, 0.25) is 11.8 Å². The fourth-order valence-corrected chi connectivity index (χ4v) is 7.83. The molecule has 216 valence electrons. The summed E-state index contributed by atoms with van der Waals surface area (Å²) >= 11 is 1.25. The monoisotopic (exact) mass is 600 g/mol. The molecule has 1 aromatic carbocycles. The molecule has 10 nitrogen and oxygen atoms in total. The molecular formula is C28H30FN4O6PS. The number of pyridine rings is 1. The van der Waals surface area contributed by atoms with Crippen LogP contribution in [0.2, 0.25) is 0 Å². The van der Waals surface area contributed by atoms with Crippen LogP contribution in [0, 0.1) is 5.82 Å². The summed E-state index contributed by atoms with van der Waals surface area (Å²) in [5, 5.41) is 3.59. The molecule has 0 aliphatic carbocycles. The van der Waals surface area contributed by atoms with Crippen molar-refractivity contribution in [2.24, 2.45) is 0 Å². The molecule has 41 heavy (non-hydrogen) atoms. The Hall–Kier alpha value is -3.18. The number of hydrogen-bond donors (Lipinski definition) is 3. The average molecular weight is 601 g/mol. The zero-order valence-electron chi connectivity index (χ0n) is 22.1.